The summed E-state index contributed by atoms with van der Waals surface area (Å²) >= 11 is 0. The zero-order chi connectivity index (χ0) is 48.2. The Morgan fingerprint density at radius 2 is 0.704 bits per heavy atom. The molecule has 10 aromatic rings. The van der Waals surface area contributed by atoms with Gasteiger partial charge in [-0.25, -0.2) is 19.6 Å². The number of hydrogen-bond acceptors (Lipinski definition) is 6. The molecule has 8 heteroatoms. The van der Waals surface area contributed by atoms with E-state index < -0.39 is 11.9 Å². The van der Waals surface area contributed by atoms with Crippen LogP contribution >= 0.6 is 0 Å². The van der Waals surface area contributed by atoms with Crippen LogP contribution < -0.4 is 0 Å². The van der Waals surface area contributed by atoms with E-state index in [1.54, 1.807) is 0 Å². The lowest BCUT2D eigenvalue weighted by molar-refractivity contribution is 0.0388. The molecule has 0 fully saturated rings. The molecular weight excluding hydrogens is 877 g/mol. The zero-order valence-corrected chi connectivity index (χ0v) is 40.3. The van der Waals surface area contributed by atoms with E-state index in [0.717, 1.165) is 119 Å². The second-order valence-electron chi connectivity index (χ2n) is 18.5. The molecule has 0 saturated carbocycles. The van der Waals surface area contributed by atoms with Gasteiger partial charge in [0.25, 0.3) is 0 Å². The molecule has 0 aliphatic heterocycles. The van der Waals surface area contributed by atoms with Gasteiger partial charge in [0.15, 0.2) is 0 Å². The summed E-state index contributed by atoms with van der Waals surface area (Å²) in [5, 5.41) is 4.19. The molecule has 71 heavy (non-hydrogen) atoms. The van der Waals surface area contributed by atoms with Crippen LogP contribution in [-0.4, -0.2) is 44.3 Å². The van der Waals surface area contributed by atoms with Crippen LogP contribution in [0.2, 0.25) is 0 Å². The summed E-state index contributed by atoms with van der Waals surface area (Å²) in [4.78, 5) is 37.9. The lowest BCUT2D eigenvalue weighted by atomic mass is 10.0. The van der Waals surface area contributed by atoms with Gasteiger partial charge in [-0.3, -0.25) is 0 Å². The number of aromatic nitrogens is 4. The molecule has 6 aromatic carbocycles. The normalized spacial score (nSPS) is 11.5. The fourth-order valence-corrected chi connectivity index (χ4v) is 10.2. The molecule has 0 radical (unpaired) electrons. The second-order valence-corrected chi connectivity index (χ2v) is 18.5. The predicted molar refractivity (Wildman–Crippen MR) is 286 cm³/mol. The van der Waals surface area contributed by atoms with Gasteiger partial charge in [0.2, 0.25) is 0 Å². The first-order valence-corrected chi connectivity index (χ1v) is 25.4. The lowest BCUT2D eigenvalue weighted by Crippen LogP contribution is -2.14. The average Bonchev–Trinajstić information content (AvgIpc) is 3.91. The third-order valence-corrected chi connectivity index (χ3v) is 13.6. The third-order valence-electron chi connectivity index (χ3n) is 13.6. The highest BCUT2D eigenvalue weighted by atomic mass is 16.5. The first-order valence-electron chi connectivity index (χ1n) is 25.4. The van der Waals surface area contributed by atoms with Gasteiger partial charge < -0.3 is 18.6 Å². The van der Waals surface area contributed by atoms with E-state index in [-0.39, 0.29) is 24.6 Å². The Balaban J connectivity index is 0.845. The van der Waals surface area contributed by atoms with Crippen LogP contribution in [-0.2, 0) is 61.1 Å². The van der Waals surface area contributed by atoms with Gasteiger partial charge in [-0.15, -0.1) is 0 Å². The first-order chi connectivity index (χ1) is 35.1. The molecule has 0 aliphatic carbocycles. The van der Waals surface area contributed by atoms with Crippen molar-refractivity contribution in [2.45, 2.75) is 83.7 Å². The topological polar surface area (TPSA) is 88.2 Å². The number of nitrogens with zero attached hydrogens (tertiary/aromatic N) is 4. The van der Waals surface area contributed by atoms with Crippen molar-refractivity contribution in [1.82, 2.24) is 19.1 Å². The molecule has 4 heterocycles. The van der Waals surface area contributed by atoms with Crippen molar-refractivity contribution in [2.24, 2.45) is 0 Å². The summed E-state index contributed by atoms with van der Waals surface area (Å²) in [6.45, 7) is 1.80. The Bertz CT molecular complexity index is 3160. The third kappa shape index (κ3) is 11.1. The first kappa shape index (κ1) is 46.9. The number of esters is 2. The molecule has 0 aliphatic rings. The van der Waals surface area contributed by atoms with Crippen molar-refractivity contribution >= 4 is 55.6 Å². The van der Waals surface area contributed by atoms with Crippen LogP contribution in [0.4, 0.5) is 0 Å². The van der Waals surface area contributed by atoms with Gasteiger partial charge >= 0.3 is 11.9 Å². The van der Waals surface area contributed by atoms with Gasteiger partial charge in [-0.2, -0.15) is 0 Å². The monoisotopic (exact) mass is 936 g/mol. The summed E-state index contributed by atoms with van der Waals surface area (Å²) < 4.78 is 16.5. The number of carbonyl (C=O) groups is 2. The summed E-state index contributed by atoms with van der Waals surface area (Å²) in [6.07, 6.45) is 9.20. The number of para-hydroxylation sites is 2. The minimum Gasteiger partial charge on any atom is -0.461 e. The van der Waals surface area contributed by atoms with Crippen LogP contribution in [0.1, 0.15) is 86.7 Å². The number of aryl methyl sites for hydroxylation is 8. The molecule has 0 amide bonds. The molecule has 0 bridgehead atoms. The summed E-state index contributed by atoms with van der Waals surface area (Å²) in [6, 6.07) is 62.9. The highest BCUT2D eigenvalue weighted by Gasteiger charge is 2.22. The number of carbonyl (C=O) groups excluding carboxylic acids is 2. The van der Waals surface area contributed by atoms with E-state index in [1.807, 2.05) is 24.3 Å². The van der Waals surface area contributed by atoms with E-state index in [2.05, 4.69) is 167 Å². The highest BCUT2D eigenvalue weighted by molar-refractivity contribution is 6.11. The fraction of sp³-hybridized carbons (Fsp3) is 0.238. The van der Waals surface area contributed by atoms with Gasteiger partial charge in [-0.05, 0) is 111 Å². The Hall–Kier alpha value is -7.84. The zero-order valence-electron chi connectivity index (χ0n) is 40.3. The molecule has 8 nitrogen and oxygen atoms in total. The quantitative estimate of drug-likeness (QED) is 0.0497. The number of pyridine rings is 2. The van der Waals surface area contributed by atoms with Crippen molar-refractivity contribution < 1.29 is 19.1 Å². The van der Waals surface area contributed by atoms with Crippen LogP contribution in [0.5, 0.6) is 0 Å². The predicted octanol–water partition coefficient (Wildman–Crippen LogP) is 13.7. The summed E-state index contributed by atoms with van der Waals surface area (Å²) in [5.41, 5.74) is 12.0. The molecule has 0 atom stereocenters. The minimum absolute atomic E-state index is 0.0735. The molecule has 356 valence electrons. The smallest absolute Gasteiger partial charge is 0.356 e. The van der Waals surface area contributed by atoms with Crippen LogP contribution in [0, 0.1) is 0 Å². The standard InChI is InChI=1S/C63H60N4O4/c68-62(56-44-52-50-34-13-15-38-58(50)66(40-19-32-48-26-9-3-10-27-48)60(52)54(64-56)36-17-30-46-22-5-1-6-23-46)70-42-21-43-71-63(69)57-45-53-51-35-14-16-39-59(51)67(41-20-33-49-28-11-4-12-29-49)61(53)55(65-57)37-18-31-47-24-7-2-8-25-47/h1-16,22-29,34-35,38-39,44-45H,17-21,30-33,36-37,40-43H2. The number of benzene rings is 6. The van der Waals surface area contributed by atoms with Crippen molar-refractivity contribution in [3.8, 4) is 0 Å². The molecule has 0 saturated heterocycles. The number of fused-ring (bicyclic) bond motifs is 6. The van der Waals surface area contributed by atoms with E-state index in [1.165, 1.54) is 22.3 Å². The van der Waals surface area contributed by atoms with Crippen molar-refractivity contribution in [1.29, 1.82) is 0 Å². The average molecular weight is 937 g/mol. The molecule has 10 rings (SSSR count). The Morgan fingerprint density at radius 3 is 1.08 bits per heavy atom. The highest BCUT2D eigenvalue weighted by Crippen LogP contribution is 2.34. The van der Waals surface area contributed by atoms with E-state index in [9.17, 15) is 9.59 Å². The van der Waals surface area contributed by atoms with Gasteiger partial charge in [0.1, 0.15) is 11.4 Å². The molecule has 4 aromatic heterocycles. The van der Waals surface area contributed by atoms with Gasteiger partial charge in [0, 0.05) is 52.1 Å². The number of rotatable bonds is 22. The van der Waals surface area contributed by atoms with E-state index in [4.69, 9.17) is 19.4 Å². The maximum atomic E-state index is 13.9. The SMILES string of the molecule is O=C(OCCCOC(=O)c1cc2c3ccccc3n(CCCc3ccccc3)c2c(CCCc2ccccc2)n1)c1cc2c3ccccc3n(CCCc3ccccc3)c2c(CCCc2ccccc2)n1. The van der Waals surface area contributed by atoms with Gasteiger partial charge in [-0.1, -0.05) is 158 Å². The Kier molecular flexibility index (Phi) is 15.0. The molecule has 0 spiro atoms. The summed E-state index contributed by atoms with van der Waals surface area (Å²) in [5.74, 6) is -0.980. The summed E-state index contributed by atoms with van der Waals surface area (Å²) in [7, 11) is 0. The number of ether oxygens (including phenoxy) is 2. The lowest BCUT2D eigenvalue weighted by Gasteiger charge is -2.13. The van der Waals surface area contributed by atoms with Crippen LogP contribution in [0.3, 0.4) is 0 Å². The molecular formula is C63H60N4O4. The molecule has 0 unspecified atom stereocenters. The number of hydrogen-bond donors (Lipinski definition) is 0. The second kappa shape index (κ2) is 22.7. The van der Waals surface area contributed by atoms with E-state index in [0.29, 0.717) is 19.3 Å². The maximum Gasteiger partial charge on any atom is 0.356 e. The van der Waals surface area contributed by atoms with Crippen molar-refractivity contribution in [3.63, 3.8) is 0 Å². The Morgan fingerprint density at radius 1 is 0.366 bits per heavy atom. The maximum absolute atomic E-state index is 13.9. The van der Waals surface area contributed by atoms with Crippen LogP contribution in [0.15, 0.2) is 182 Å². The largest absolute Gasteiger partial charge is 0.461 e. The Labute approximate surface area is 415 Å². The van der Waals surface area contributed by atoms with Crippen molar-refractivity contribution in [2.75, 3.05) is 13.2 Å². The molecule has 0 N–H and O–H groups in total. The van der Waals surface area contributed by atoms with Crippen LogP contribution in [0.25, 0.3) is 43.6 Å². The van der Waals surface area contributed by atoms with Crippen molar-refractivity contribution in [3.05, 3.63) is 227 Å². The minimum atomic E-state index is -0.490. The fourth-order valence-electron chi connectivity index (χ4n) is 10.2. The van der Waals surface area contributed by atoms with Gasteiger partial charge in [0.05, 0.1) is 35.6 Å². The van der Waals surface area contributed by atoms with E-state index >= 15 is 0 Å².